The van der Waals surface area contributed by atoms with Gasteiger partial charge in [0.1, 0.15) is 0 Å². The molecule has 1 aromatic rings. The molecular formula is C12H14INO3Zn. The molecule has 0 heterocycles. The molecule has 6 heteroatoms. The Morgan fingerprint density at radius 1 is 1.39 bits per heavy atom. The van der Waals surface area contributed by atoms with Gasteiger partial charge < -0.3 is 17.0 Å². The van der Waals surface area contributed by atoms with E-state index in [2.05, 4.69) is 36.7 Å². The summed E-state index contributed by atoms with van der Waals surface area (Å²) in [6.07, 6.45) is 0.0646. The molecule has 1 N–H and O–H groups in total. The van der Waals surface area contributed by atoms with Crippen molar-refractivity contribution in [3.63, 3.8) is 0 Å². The first-order chi connectivity index (χ1) is 8.63. The standard InChI is InChI=1S/C12H14NO3.HI.Zn/c1-9(8-11(14)16-2)13-12(15)10-6-4-3-5-7-10;;/h3-7,9H,1,8H2,2H3,(H,13,15);1H;/q-1;;+2/p-1/t9-;;/m1../s1. The van der Waals surface area contributed by atoms with Crippen LogP contribution in [0.15, 0.2) is 30.3 Å². The number of nitrogens with one attached hydrogen (secondary N) is 1. The fraction of sp³-hybridized carbons (Fsp3) is 0.250. The zero-order valence-electron chi connectivity index (χ0n) is 10.2. The monoisotopic (exact) mass is 411 g/mol. The van der Waals surface area contributed by atoms with E-state index in [-0.39, 0.29) is 12.3 Å². The maximum absolute atomic E-state index is 11.6. The first-order valence-electron chi connectivity index (χ1n) is 5.16. The molecule has 0 radical (unpaired) electrons. The third kappa shape index (κ3) is 7.06. The van der Waals surface area contributed by atoms with Gasteiger partial charge >= 0.3 is 40.5 Å². The number of carbonyl (C=O) groups is 2. The summed E-state index contributed by atoms with van der Waals surface area (Å²) in [5.74, 6) is -0.641. The van der Waals surface area contributed by atoms with E-state index in [1.54, 1.807) is 24.3 Å². The molecule has 1 atom stereocenters. The van der Waals surface area contributed by atoms with Crippen molar-refractivity contribution in [3.8, 4) is 0 Å². The summed E-state index contributed by atoms with van der Waals surface area (Å²) in [5, 5.41) is 2.61. The molecule has 18 heavy (non-hydrogen) atoms. The van der Waals surface area contributed by atoms with Crippen LogP contribution in [0.1, 0.15) is 16.8 Å². The minimum absolute atomic E-state index is 0.0646. The number of rotatable bonds is 4. The molecular weight excluding hydrogens is 398 g/mol. The molecule has 0 spiro atoms. The van der Waals surface area contributed by atoms with Crippen molar-refractivity contribution in [1.82, 2.24) is 5.32 Å². The SMILES string of the molecule is [CH2-][C@H](CC(=O)OC)NC(=O)c1ccccc1.[Zn+][I]. The van der Waals surface area contributed by atoms with Gasteiger partial charge in [0.05, 0.1) is 7.11 Å². The second-order valence-corrected chi connectivity index (χ2v) is 3.32. The average molecular weight is 413 g/mol. The third-order valence-corrected chi connectivity index (χ3v) is 2.01. The second-order valence-electron chi connectivity index (χ2n) is 3.32. The van der Waals surface area contributed by atoms with Gasteiger partial charge in [-0.05, 0) is 12.1 Å². The summed E-state index contributed by atoms with van der Waals surface area (Å²) in [4.78, 5) is 22.5. The summed E-state index contributed by atoms with van der Waals surface area (Å²) >= 11 is 3.62. The van der Waals surface area contributed by atoms with Gasteiger partial charge in [-0.3, -0.25) is 9.59 Å². The predicted molar refractivity (Wildman–Crippen MR) is 73.7 cm³/mol. The van der Waals surface area contributed by atoms with Crippen LogP contribution >= 0.6 is 19.8 Å². The van der Waals surface area contributed by atoms with E-state index in [9.17, 15) is 9.59 Å². The Hall–Kier alpha value is -0.487. The Bertz CT molecular complexity index is 373. The predicted octanol–water partition coefficient (Wildman–Crippen LogP) is 2.07. The summed E-state index contributed by atoms with van der Waals surface area (Å²) in [6.45, 7) is 3.66. The van der Waals surface area contributed by atoms with Crippen LogP contribution in [0.3, 0.4) is 0 Å². The van der Waals surface area contributed by atoms with Crippen molar-refractivity contribution < 1.29 is 29.1 Å². The number of hydrogen-bond acceptors (Lipinski definition) is 3. The molecule has 0 aliphatic rings. The van der Waals surface area contributed by atoms with Crippen LogP contribution < -0.4 is 5.32 Å². The quantitative estimate of drug-likeness (QED) is 0.357. The van der Waals surface area contributed by atoms with Gasteiger partial charge in [0.25, 0.3) is 0 Å². The topological polar surface area (TPSA) is 55.4 Å². The minimum atomic E-state index is -0.486. The number of benzene rings is 1. The molecule has 0 aliphatic carbocycles. The molecule has 1 amide bonds. The van der Waals surface area contributed by atoms with Crippen molar-refractivity contribution in [1.29, 1.82) is 0 Å². The molecule has 0 saturated carbocycles. The number of ether oxygens (including phenoxy) is 1. The number of hydrogen-bond donors (Lipinski definition) is 1. The van der Waals surface area contributed by atoms with Crippen LogP contribution in [0, 0.1) is 6.92 Å². The molecule has 4 nitrogen and oxygen atoms in total. The maximum atomic E-state index is 11.6. The summed E-state index contributed by atoms with van der Waals surface area (Å²) in [7, 11) is 1.30. The molecule has 94 valence electrons. The van der Waals surface area contributed by atoms with E-state index >= 15 is 0 Å². The van der Waals surface area contributed by atoms with Crippen LogP contribution in [0.5, 0.6) is 0 Å². The van der Waals surface area contributed by atoms with Gasteiger partial charge in [-0.2, -0.15) is 0 Å². The van der Waals surface area contributed by atoms with E-state index in [0.29, 0.717) is 5.56 Å². The van der Waals surface area contributed by atoms with E-state index in [1.807, 2.05) is 6.07 Å². The molecule has 0 bridgehead atoms. The molecule has 0 aromatic heterocycles. The van der Waals surface area contributed by atoms with Gasteiger partial charge in [0.15, 0.2) is 0 Å². The first-order valence-corrected chi connectivity index (χ1v) is 14.2. The van der Waals surface area contributed by atoms with Crippen LogP contribution in [0.25, 0.3) is 0 Å². The van der Waals surface area contributed by atoms with Crippen LogP contribution in [-0.4, -0.2) is 25.0 Å². The van der Waals surface area contributed by atoms with Crippen molar-refractivity contribution in [2.45, 2.75) is 12.5 Å². The number of halogens is 1. The van der Waals surface area contributed by atoms with Gasteiger partial charge in [-0.1, -0.05) is 24.2 Å². The van der Waals surface area contributed by atoms with Gasteiger partial charge in [0.2, 0.25) is 5.91 Å². The molecule has 1 rings (SSSR count). The number of esters is 1. The fourth-order valence-corrected chi connectivity index (χ4v) is 1.19. The van der Waals surface area contributed by atoms with Gasteiger partial charge in [-0.25, -0.2) is 0 Å². The Balaban J connectivity index is 0.00000137. The van der Waals surface area contributed by atoms with E-state index < -0.39 is 12.0 Å². The van der Waals surface area contributed by atoms with Crippen LogP contribution in [0.2, 0.25) is 0 Å². The Labute approximate surface area is 128 Å². The van der Waals surface area contributed by atoms with E-state index in [4.69, 9.17) is 0 Å². The van der Waals surface area contributed by atoms with Crippen molar-refractivity contribution >= 4 is 31.6 Å². The van der Waals surface area contributed by atoms with Gasteiger partial charge in [0, 0.05) is 12.0 Å². The zero-order valence-corrected chi connectivity index (χ0v) is 15.3. The molecule has 0 fully saturated rings. The molecule has 0 saturated heterocycles. The number of carbonyl (C=O) groups excluding carboxylic acids is 2. The zero-order chi connectivity index (χ0) is 14.0. The van der Waals surface area contributed by atoms with Crippen molar-refractivity contribution in [2.75, 3.05) is 7.11 Å². The Morgan fingerprint density at radius 2 is 1.94 bits per heavy atom. The first kappa shape index (κ1) is 17.5. The molecule has 0 unspecified atom stereocenters. The van der Waals surface area contributed by atoms with Crippen LogP contribution in [-0.2, 0) is 24.3 Å². The van der Waals surface area contributed by atoms with Gasteiger partial charge in [-0.15, -0.1) is 0 Å². The summed E-state index contributed by atoms with van der Waals surface area (Å²) in [5.41, 5.74) is 0.543. The van der Waals surface area contributed by atoms with Crippen molar-refractivity contribution in [3.05, 3.63) is 42.8 Å². The fourth-order valence-electron chi connectivity index (χ4n) is 1.19. The normalized spacial score (nSPS) is 10.7. The Kier molecular flexibility index (Phi) is 10.2. The van der Waals surface area contributed by atoms with E-state index in [1.165, 1.54) is 21.9 Å². The molecule has 0 aliphatic heterocycles. The third-order valence-electron chi connectivity index (χ3n) is 2.01. The van der Waals surface area contributed by atoms with Crippen molar-refractivity contribution in [2.24, 2.45) is 0 Å². The van der Waals surface area contributed by atoms with Crippen LogP contribution in [0.4, 0.5) is 0 Å². The number of methoxy groups -OCH3 is 1. The van der Waals surface area contributed by atoms with E-state index in [0.717, 1.165) is 0 Å². The second kappa shape index (κ2) is 10.4. The molecule has 1 aromatic carbocycles. The average Bonchev–Trinajstić information content (AvgIpc) is 2.41. The summed E-state index contributed by atoms with van der Waals surface area (Å²) in [6, 6.07) is 8.27. The Morgan fingerprint density at radius 3 is 2.44 bits per heavy atom. The summed E-state index contributed by atoms with van der Waals surface area (Å²) < 4.78 is 4.48. The number of amides is 1.